The molecule has 0 aliphatic heterocycles. The van der Waals surface area contributed by atoms with E-state index in [1.54, 1.807) is 12.5 Å². The first-order valence-electron chi connectivity index (χ1n) is 7.87. The summed E-state index contributed by atoms with van der Waals surface area (Å²) in [5, 5.41) is 12.4. The van der Waals surface area contributed by atoms with Crippen molar-refractivity contribution in [2.24, 2.45) is 0 Å². The second kappa shape index (κ2) is 7.99. The number of rotatable bonds is 7. The van der Waals surface area contributed by atoms with Crippen molar-refractivity contribution in [2.75, 3.05) is 6.54 Å². The van der Waals surface area contributed by atoms with Crippen LogP contribution in [0, 0.1) is 0 Å². The first kappa shape index (κ1) is 15.8. The van der Waals surface area contributed by atoms with Gasteiger partial charge >= 0.3 is 5.97 Å². The highest BCUT2D eigenvalue weighted by atomic mass is 16.4. The molecule has 2 rings (SSSR count). The molecule has 3 nitrogen and oxygen atoms in total. The Morgan fingerprint density at radius 2 is 2.05 bits per heavy atom. The maximum Gasteiger partial charge on any atom is 0.310 e. The fourth-order valence-electron chi connectivity index (χ4n) is 2.68. The van der Waals surface area contributed by atoms with E-state index in [9.17, 15) is 4.79 Å². The lowest BCUT2D eigenvalue weighted by Gasteiger charge is -2.13. The number of carbonyl (C=O) groups is 1. The number of carboxylic acid groups (broad SMARTS) is 1. The summed E-state index contributed by atoms with van der Waals surface area (Å²) in [6.45, 7) is 3.57. The molecule has 0 spiro atoms. The molecule has 0 heterocycles. The van der Waals surface area contributed by atoms with E-state index in [0.29, 0.717) is 0 Å². The van der Waals surface area contributed by atoms with Gasteiger partial charge in [0.25, 0.3) is 0 Å². The van der Waals surface area contributed by atoms with Gasteiger partial charge in [-0.3, -0.25) is 4.79 Å². The standard InChI is InChI=1S/C18H25NO2/c1-14(18(20)21)17-9-7-16(8-10-17)13-19-12-11-15-5-3-2-4-6-15/h5,7-10,14,19H,2-4,6,11-13H2,1H3,(H,20,21). The Morgan fingerprint density at radius 3 is 2.67 bits per heavy atom. The molecule has 0 saturated carbocycles. The van der Waals surface area contributed by atoms with E-state index < -0.39 is 11.9 Å². The summed E-state index contributed by atoms with van der Waals surface area (Å²) in [5.74, 6) is -1.22. The average molecular weight is 287 g/mol. The van der Waals surface area contributed by atoms with Gasteiger partial charge < -0.3 is 10.4 Å². The summed E-state index contributed by atoms with van der Waals surface area (Å²) < 4.78 is 0. The lowest BCUT2D eigenvalue weighted by Crippen LogP contribution is -2.16. The molecule has 3 heteroatoms. The predicted molar refractivity (Wildman–Crippen MR) is 85.4 cm³/mol. The van der Waals surface area contributed by atoms with E-state index in [0.717, 1.165) is 25.1 Å². The van der Waals surface area contributed by atoms with E-state index in [4.69, 9.17) is 5.11 Å². The lowest BCUT2D eigenvalue weighted by molar-refractivity contribution is -0.138. The van der Waals surface area contributed by atoms with E-state index in [1.807, 2.05) is 24.3 Å². The molecule has 0 saturated heterocycles. The van der Waals surface area contributed by atoms with Crippen molar-refractivity contribution >= 4 is 5.97 Å². The number of allylic oxidation sites excluding steroid dienone is 1. The van der Waals surface area contributed by atoms with Crippen LogP contribution in [0.4, 0.5) is 0 Å². The van der Waals surface area contributed by atoms with Crippen LogP contribution in [0.15, 0.2) is 35.9 Å². The molecule has 0 fully saturated rings. The molecular weight excluding hydrogens is 262 g/mol. The van der Waals surface area contributed by atoms with Gasteiger partial charge in [-0.2, -0.15) is 0 Å². The summed E-state index contributed by atoms with van der Waals surface area (Å²) in [6.07, 6.45) is 8.75. The Balaban J connectivity index is 1.73. The number of hydrogen-bond acceptors (Lipinski definition) is 2. The fourth-order valence-corrected chi connectivity index (χ4v) is 2.68. The molecule has 1 aliphatic carbocycles. The molecule has 0 aromatic heterocycles. The van der Waals surface area contributed by atoms with Crippen LogP contribution in [-0.2, 0) is 11.3 Å². The van der Waals surface area contributed by atoms with Crippen LogP contribution in [0.1, 0.15) is 56.1 Å². The van der Waals surface area contributed by atoms with Gasteiger partial charge in [-0.05, 0) is 56.7 Å². The Labute approximate surface area is 127 Å². The smallest absolute Gasteiger partial charge is 0.310 e. The highest BCUT2D eigenvalue weighted by Crippen LogP contribution is 2.19. The van der Waals surface area contributed by atoms with E-state index in [1.165, 1.54) is 31.2 Å². The van der Waals surface area contributed by atoms with Crippen LogP contribution in [0.5, 0.6) is 0 Å². The maximum absolute atomic E-state index is 10.9. The minimum atomic E-state index is -0.776. The van der Waals surface area contributed by atoms with Crippen LogP contribution in [0.25, 0.3) is 0 Å². The summed E-state index contributed by atoms with van der Waals surface area (Å²) in [6, 6.07) is 7.86. The Hall–Kier alpha value is -1.61. The Morgan fingerprint density at radius 1 is 1.29 bits per heavy atom. The monoisotopic (exact) mass is 287 g/mol. The third-order valence-electron chi connectivity index (χ3n) is 4.19. The molecular formula is C18H25NO2. The molecule has 2 N–H and O–H groups in total. The molecule has 1 aromatic carbocycles. The second-order valence-corrected chi connectivity index (χ2v) is 5.84. The van der Waals surface area contributed by atoms with E-state index in [-0.39, 0.29) is 0 Å². The van der Waals surface area contributed by atoms with Crippen molar-refractivity contribution in [2.45, 2.75) is 51.5 Å². The molecule has 0 amide bonds. The third-order valence-corrected chi connectivity index (χ3v) is 4.19. The molecule has 1 aromatic rings. The topological polar surface area (TPSA) is 49.3 Å². The van der Waals surface area contributed by atoms with Crippen molar-refractivity contribution < 1.29 is 9.90 Å². The van der Waals surface area contributed by atoms with Gasteiger partial charge in [0.15, 0.2) is 0 Å². The Kier molecular flexibility index (Phi) is 6.00. The maximum atomic E-state index is 10.9. The zero-order valence-electron chi connectivity index (χ0n) is 12.8. The number of hydrogen-bond donors (Lipinski definition) is 2. The first-order valence-corrected chi connectivity index (χ1v) is 7.87. The van der Waals surface area contributed by atoms with Gasteiger partial charge in [0, 0.05) is 6.54 Å². The minimum Gasteiger partial charge on any atom is -0.481 e. The molecule has 1 atom stereocenters. The van der Waals surface area contributed by atoms with Crippen molar-refractivity contribution in [1.82, 2.24) is 5.32 Å². The van der Waals surface area contributed by atoms with Crippen molar-refractivity contribution in [3.8, 4) is 0 Å². The molecule has 0 bridgehead atoms. The van der Waals surface area contributed by atoms with Gasteiger partial charge in [0.1, 0.15) is 0 Å². The number of nitrogens with one attached hydrogen (secondary N) is 1. The highest BCUT2D eigenvalue weighted by molar-refractivity contribution is 5.75. The van der Waals surface area contributed by atoms with Crippen LogP contribution in [0.2, 0.25) is 0 Å². The number of aliphatic carboxylic acids is 1. The van der Waals surface area contributed by atoms with Crippen LogP contribution in [0.3, 0.4) is 0 Å². The summed E-state index contributed by atoms with van der Waals surface area (Å²) in [7, 11) is 0. The van der Waals surface area contributed by atoms with Crippen LogP contribution >= 0.6 is 0 Å². The number of carboxylic acids is 1. The quantitative estimate of drug-likeness (QED) is 0.591. The summed E-state index contributed by atoms with van der Waals surface area (Å²) in [4.78, 5) is 10.9. The average Bonchev–Trinajstić information content (AvgIpc) is 2.52. The van der Waals surface area contributed by atoms with Crippen molar-refractivity contribution in [3.05, 3.63) is 47.0 Å². The first-order chi connectivity index (χ1) is 10.2. The number of benzene rings is 1. The highest BCUT2D eigenvalue weighted by Gasteiger charge is 2.12. The zero-order chi connectivity index (χ0) is 15.1. The normalized spacial score (nSPS) is 16.3. The molecule has 114 valence electrons. The zero-order valence-corrected chi connectivity index (χ0v) is 12.8. The van der Waals surface area contributed by atoms with Gasteiger partial charge in [0.2, 0.25) is 0 Å². The van der Waals surface area contributed by atoms with Gasteiger partial charge in [-0.25, -0.2) is 0 Å². The SMILES string of the molecule is CC(C(=O)O)c1ccc(CNCCC2=CCCCC2)cc1. The van der Waals surface area contributed by atoms with Crippen molar-refractivity contribution in [1.29, 1.82) is 0 Å². The predicted octanol–water partition coefficient (Wildman–Crippen LogP) is 3.85. The Bertz CT molecular complexity index is 490. The van der Waals surface area contributed by atoms with Crippen LogP contribution in [-0.4, -0.2) is 17.6 Å². The molecule has 1 aliphatic rings. The minimum absolute atomic E-state index is 0.440. The van der Waals surface area contributed by atoms with E-state index in [2.05, 4.69) is 11.4 Å². The molecule has 0 radical (unpaired) electrons. The largest absolute Gasteiger partial charge is 0.481 e. The fraction of sp³-hybridized carbons (Fsp3) is 0.500. The van der Waals surface area contributed by atoms with Gasteiger partial charge in [0.05, 0.1) is 5.92 Å². The summed E-state index contributed by atoms with van der Waals surface area (Å²) >= 11 is 0. The van der Waals surface area contributed by atoms with Gasteiger partial charge in [-0.1, -0.05) is 35.9 Å². The van der Waals surface area contributed by atoms with E-state index >= 15 is 0 Å². The molecule has 1 unspecified atom stereocenters. The lowest BCUT2D eigenvalue weighted by atomic mass is 9.97. The van der Waals surface area contributed by atoms with Gasteiger partial charge in [-0.15, -0.1) is 0 Å². The van der Waals surface area contributed by atoms with Crippen molar-refractivity contribution in [3.63, 3.8) is 0 Å². The second-order valence-electron chi connectivity index (χ2n) is 5.84. The molecule has 21 heavy (non-hydrogen) atoms. The summed E-state index contributed by atoms with van der Waals surface area (Å²) in [5.41, 5.74) is 3.66. The van der Waals surface area contributed by atoms with Crippen LogP contribution < -0.4 is 5.32 Å². The third kappa shape index (κ3) is 5.01.